The normalized spacial score (nSPS) is 16.6. The van der Waals surface area contributed by atoms with Crippen LogP contribution in [-0.4, -0.2) is 105 Å². The summed E-state index contributed by atoms with van der Waals surface area (Å²) < 4.78 is 5.35. The molecule has 3 saturated heterocycles. The Bertz CT molecular complexity index is 2280. The summed E-state index contributed by atoms with van der Waals surface area (Å²) in [6.07, 6.45) is 16.5. The standard InChI is InChI=1S/C16H25N.C16H27N.C15H24N2.C15H23N.C14H21NO/c1-13(2)15-10-8-14(9-11-15)12-17-16-6-4-3-5-7-16;1-4-5-6-7-12-17-13-15-8-10-16(11-9-15)14(2)3;1-13(2)15-6-4-14(5-7-15)12-17-10-8-16(3)9-11-17;1-13(2)15-8-6-14(7-9-15)12-16-10-4-3-5-11-16;1-12(2)14-5-3-13(4-6-14)11-15-7-9-16-10-8-15/h8-11,13,16-17H,3-7,12H2,1-2H3;8-11,14,17H,4-7,12-13H2,1-3H3;4-7,13H,8-12H2,1-3H3;6-9,13H,3-5,10-12H2,1-2H3;3-6,12H,7-11H2,1-2H3. The Hall–Kier alpha value is -4.18. The van der Waals surface area contributed by atoms with Crippen molar-refractivity contribution < 1.29 is 4.74 Å². The van der Waals surface area contributed by atoms with Crippen LogP contribution in [0.5, 0.6) is 0 Å². The molecule has 0 atom stereocenters. The average molecular weight is 1130 g/mol. The van der Waals surface area contributed by atoms with Crippen LogP contribution in [-0.2, 0) is 37.5 Å². The minimum absolute atomic E-state index is 0.623. The molecular formula is C76H120N6O. The number of benzene rings is 5. The Kier molecular flexibility index (Phi) is 33.7. The first kappa shape index (κ1) is 69.6. The van der Waals surface area contributed by atoms with Crippen LogP contribution < -0.4 is 10.6 Å². The summed E-state index contributed by atoms with van der Waals surface area (Å²) >= 11 is 0. The number of hydrogen-bond donors (Lipinski definition) is 2. The third-order valence-electron chi connectivity index (χ3n) is 17.3. The molecule has 1 saturated carbocycles. The van der Waals surface area contributed by atoms with Gasteiger partial charge in [-0.3, -0.25) is 14.7 Å². The van der Waals surface area contributed by atoms with Crippen molar-refractivity contribution in [3.8, 4) is 0 Å². The van der Waals surface area contributed by atoms with Crippen LogP contribution in [0.1, 0.15) is 238 Å². The fourth-order valence-corrected chi connectivity index (χ4v) is 11.2. The number of likely N-dealkylation sites (tertiary alicyclic amines) is 1. The molecule has 1 aliphatic carbocycles. The van der Waals surface area contributed by atoms with Crippen molar-refractivity contribution in [3.05, 3.63) is 177 Å². The van der Waals surface area contributed by atoms with E-state index < -0.39 is 0 Å². The molecule has 7 heteroatoms. The van der Waals surface area contributed by atoms with E-state index in [1.165, 1.54) is 172 Å². The topological polar surface area (TPSA) is 46.2 Å². The lowest BCUT2D eigenvalue weighted by molar-refractivity contribution is 0.0342. The number of ether oxygens (including phenoxy) is 1. The van der Waals surface area contributed by atoms with Gasteiger partial charge in [0.2, 0.25) is 0 Å². The number of nitrogens with zero attached hydrogens (tertiary/aromatic N) is 4. The van der Waals surface area contributed by atoms with Crippen LogP contribution in [0, 0.1) is 0 Å². The lowest BCUT2D eigenvalue weighted by Gasteiger charge is -2.32. The van der Waals surface area contributed by atoms with Crippen molar-refractivity contribution >= 4 is 0 Å². The maximum Gasteiger partial charge on any atom is 0.0594 e. The first-order valence-electron chi connectivity index (χ1n) is 33.5. The van der Waals surface area contributed by atoms with Crippen LogP contribution in [0.2, 0.25) is 0 Å². The third kappa shape index (κ3) is 28.7. The number of nitrogens with one attached hydrogen (secondary N) is 2. The van der Waals surface area contributed by atoms with Gasteiger partial charge in [0.25, 0.3) is 0 Å². The average Bonchev–Trinajstić information content (AvgIpc) is 3.55. The maximum atomic E-state index is 5.35. The monoisotopic (exact) mass is 1130 g/mol. The molecular weight excluding hydrogens is 1010 g/mol. The molecule has 0 unspecified atom stereocenters. The highest BCUT2D eigenvalue weighted by Crippen LogP contribution is 2.22. The van der Waals surface area contributed by atoms with E-state index in [1.807, 2.05) is 0 Å². The molecule has 460 valence electrons. The molecule has 3 heterocycles. The van der Waals surface area contributed by atoms with E-state index >= 15 is 0 Å². The molecule has 4 fully saturated rings. The lowest BCUT2D eigenvalue weighted by atomic mass is 9.95. The molecule has 0 aromatic heterocycles. The van der Waals surface area contributed by atoms with Crippen LogP contribution in [0.3, 0.4) is 0 Å². The van der Waals surface area contributed by atoms with Gasteiger partial charge in [0.05, 0.1) is 13.2 Å². The number of rotatable bonds is 21. The quantitative estimate of drug-likeness (QED) is 0.0710. The molecule has 4 aliphatic rings. The van der Waals surface area contributed by atoms with Gasteiger partial charge in [0, 0.05) is 78.0 Å². The van der Waals surface area contributed by atoms with Gasteiger partial charge >= 0.3 is 0 Å². The first-order chi connectivity index (χ1) is 40.1. The SMILES string of the molecule is CC(C)c1ccc(CN2CCCCC2)cc1.CC(C)c1ccc(CN2CCN(C)CC2)cc1.CC(C)c1ccc(CN2CCOCC2)cc1.CC(C)c1ccc(CNC2CCCCC2)cc1.CCCCCCNCc1ccc(C(C)C)cc1. The highest BCUT2D eigenvalue weighted by molar-refractivity contribution is 5.28. The van der Waals surface area contributed by atoms with Crippen molar-refractivity contribution in [1.29, 1.82) is 0 Å². The van der Waals surface area contributed by atoms with Crippen LogP contribution >= 0.6 is 0 Å². The fraction of sp³-hybridized carbons (Fsp3) is 0.605. The Morgan fingerprint density at radius 3 is 1.12 bits per heavy atom. The zero-order chi connectivity index (χ0) is 59.6. The zero-order valence-electron chi connectivity index (χ0n) is 55.0. The predicted molar refractivity (Wildman–Crippen MR) is 360 cm³/mol. The Balaban J connectivity index is 0.000000190. The number of unbranched alkanes of at least 4 members (excludes halogenated alkanes) is 3. The van der Waals surface area contributed by atoms with Gasteiger partial charge in [-0.25, -0.2) is 0 Å². The van der Waals surface area contributed by atoms with Gasteiger partial charge in [-0.2, -0.15) is 0 Å². The second kappa shape index (κ2) is 40.2. The van der Waals surface area contributed by atoms with E-state index in [0.717, 1.165) is 71.6 Å². The van der Waals surface area contributed by atoms with E-state index in [-0.39, 0.29) is 0 Å². The fourth-order valence-electron chi connectivity index (χ4n) is 11.2. The van der Waals surface area contributed by atoms with Gasteiger partial charge in [-0.05, 0) is 144 Å². The molecule has 3 aliphatic heterocycles. The summed E-state index contributed by atoms with van der Waals surface area (Å²) in [6.45, 7) is 42.4. The van der Waals surface area contributed by atoms with E-state index in [0.29, 0.717) is 29.6 Å². The van der Waals surface area contributed by atoms with Crippen molar-refractivity contribution in [2.45, 2.75) is 222 Å². The van der Waals surface area contributed by atoms with Crippen molar-refractivity contribution in [3.63, 3.8) is 0 Å². The number of morpholine rings is 1. The summed E-state index contributed by atoms with van der Waals surface area (Å²) in [7, 11) is 2.20. The molecule has 0 amide bonds. The molecule has 0 spiro atoms. The molecule has 5 aromatic carbocycles. The maximum absolute atomic E-state index is 5.35. The molecule has 7 nitrogen and oxygen atoms in total. The molecule has 0 bridgehead atoms. The minimum Gasteiger partial charge on any atom is -0.379 e. The Morgan fingerprint density at radius 2 is 0.735 bits per heavy atom. The van der Waals surface area contributed by atoms with Crippen molar-refractivity contribution in [1.82, 2.24) is 30.2 Å². The predicted octanol–water partition coefficient (Wildman–Crippen LogP) is 17.7. The van der Waals surface area contributed by atoms with Gasteiger partial charge in [0.1, 0.15) is 0 Å². The number of likely N-dealkylation sites (N-methyl/N-ethyl adjacent to an activating group) is 1. The van der Waals surface area contributed by atoms with Gasteiger partial charge in [-0.15, -0.1) is 0 Å². The molecule has 9 rings (SSSR count). The van der Waals surface area contributed by atoms with Gasteiger partial charge < -0.3 is 20.3 Å². The number of piperazine rings is 1. The highest BCUT2D eigenvalue weighted by atomic mass is 16.5. The van der Waals surface area contributed by atoms with Crippen LogP contribution in [0.25, 0.3) is 0 Å². The Labute approximate surface area is 510 Å². The molecule has 0 radical (unpaired) electrons. The van der Waals surface area contributed by atoms with E-state index in [4.69, 9.17) is 4.74 Å². The van der Waals surface area contributed by atoms with Crippen LogP contribution in [0.4, 0.5) is 0 Å². The van der Waals surface area contributed by atoms with Gasteiger partial charge in [-0.1, -0.05) is 242 Å². The molecule has 83 heavy (non-hydrogen) atoms. The number of hydrogen-bond acceptors (Lipinski definition) is 7. The molecule has 2 N–H and O–H groups in total. The Morgan fingerprint density at radius 1 is 0.386 bits per heavy atom. The van der Waals surface area contributed by atoms with Crippen molar-refractivity contribution in [2.75, 3.05) is 79.2 Å². The second-order valence-corrected chi connectivity index (χ2v) is 26.2. The van der Waals surface area contributed by atoms with Crippen LogP contribution in [0.15, 0.2) is 121 Å². The number of piperidine rings is 1. The van der Waals surface area contributed by atoms with E-state index in [1.54, 1.807) is 0 Å². The zero-order valence-corrected chi connectivity index (χ0v) is 55.0. The summed E-state index contributed by atoms with van der Waals surface area (Å²) in [5.41, 5.74) is 14.3. The first-order valence-corrected chi connectivity index (χ1v) is 33.5. The van der Waals surface area contributed by atoms with E-state index in [9.17, 15) is 0 Å². The largest absolute Gasteiger partial charge is 0.379 e. The molecule has 5 aromatic rings. The lowest BCUT2D eigenvalue weighted by Crippen LogP contribution is -2.43. The summed E-state index contributed by atoms with van der Waals surface area (Å²) in [4.78, 5) is 9.98. The summed E-state index contributed by atoms with van der Waals surface area (Å²) in [6, 6.07) is 46.1. The highest BCUT2D eigenvalue weighted by Gasteiger charge is 2.16. The van der Waals surface area contributed by atoms with E-state index in [2.05, 4.69) is 235 Å². The minimum atomic E-state index is 0.623. The summed E-state index contributed by atoms with van der Waals surface area (Å²) in [5, 5.41) is 7.20. The van der Waals surface area contributed by atoms with Crippen molar-refractivity contribution in [2.24, 2.45) is 0 Å². The van der Waals surface area contributed by atoms with Gasteiger partial charge in [0.15, 0.2) is 0 Å². The second-order valence-electron chi connectivity index (χ2n) is 26.2. The summed E-state index contributed by atoms with van der Waals surface area (Å²) in [5.74, 6) is 3.16. The smallest absolute Gasteiger partial charge is 0.0594 e. The third-order valence-corrected chi connectivity index (χ3v) is 17.3.